The van der Waals surface area contributed by atoms with E-state index in [-0.39, 0.29) is 11.8 Å². The number of rotatable bonds is 3. The molecule has 1 heterocycles. The summed E-state index contributed by atoms with van der Waals surface area (Å²) in [6, 6.07) is 7.05. The van der Waals surface area contributed by atoms with Crippen molar-refractivity contribution in [1.82, 2.24) is 4.98 Å². The number of hydrogen-bond donors (Lipinski definition) is 2. The van der Waals surface area contributed by atoms with E-state index in [9.17, 15) is 5.11 Å². The molecule has 0 saturated carbocycles. The summed E-state index contributed by atoms with van der Waals surface area (Å²) in [5.74, 6) is 0.276. The van der Waals surface area contributed by atoms with Crippen LogP contribution in [0.25, 0.3) is 0 Å². The number of aromatic nitrogens is 1. The second kappa shape index (κ2) is 4.42. The molecule has 0 bridgehead atoms. The lowest BCUT2D eigenvalue weighted by Gasteiger charge is -2.08. The monoisotopic (exact) mass is 220 g/mol. The number of nitrogens with zero attached hydrogens (tertiary/aromatic N) is 1. The molecule has 0 fully saturated rings. The van der Waals surface area contributed by atoms with Crippen LogP contribution in [-0.2, 0) is 6.42 Å². The van der Waals surface area contributed by atoms with Gasteiger partial charge in [0.1, 0.15) is 5.75 Å². The van der Waals surface area contributed by atoms with Gasteiger partial charge in [-0.25, -0.2) is 4.98 Å². The van der Waals surface area contributed by atoms with Crippen LogP contribution in [0, 0.1) is 0 Å². The van der Waals surface area contributed by atoms with E-state index >= 15 is 0 Å². The summed E-state index contributed by atoms with van der Waals surface area (Å²) in [5.41, 5.74) is 9.69. The topological polar surface area (TPSA) is 59.1 Å². The van der Waals surface area contributed by atoms with E-state index in [0.717, 1.165) is 11.3 Å². The van der Waals surface area contributed by atoms with Crippen molar-refractivity contribution >= 4 is 11.3 Å². The maximum Gasteiger partial charge on any atom is 0.115 e. The highest BCUT2D eigenvalue weighted by molar-refractivity contribution is 7.07. The van der Waals surface area contributed by atoms with Crippen molar-refractivity contribution in [2.75, 3.05) is 0 Å². The Hall–Kier alpha value is -1.39. The molecule has 15 heavy (non-hydrogen) atoms. The number of benzene rings is 1. The average molecular weight is 220 g/mol. The molecule has 0 radical (unpaired) electrons. The van der Waals surface area contributed by atoms with Crippen molar-refractivity contribution in [3.8, 4) is 5.75 Å². The normalized spacial score (nSPS) is 12.6. The molecule has 0 aliphatic rings. The van der Waals surface area contributed by atoms with E-state index in [1.807, 2.05) is 17.5 Å². The zero-order chi connectivity index (χ0) is 10.7. The van der Waals surface area contributed by atoms with Gasteiger partial charge in [0.25, 0.3) is 0 Å². The summed E-state index contributed by atoms with van der Waals surface area (Å²) in [4.78, 5) is 4.17. The minimum atomic E-state index is -0.0990. The van der Waals surface area contributed by atoms with Crippen LogP contribution >= 0.6 is 11.3 Å². The molecule has 0 aliphatic carbocycles. The van der Waals surface area contributed by atoms with Crippen LogP contribution in [0.15, 0.2) is 35.2 Å². The van der Waals surface area contributed by atoms with Gasteiger partial charge in [-0.15, -0.1) is 11.3 Å². The van der Waals surface area contributed by atoms with Crippen LogP contribution in [0.5, 0.6) is 5.75 Å². The first-order valence-electron chi connectivity index (χ1n) is 4.67. The number of thiazole rings is 1. The van der Waals surface area contributed by atoms with Crippen molar-refractivity contribution in [3.05, 3.63) is 46.4 Å². The lowest BCUT2D eigenvalue weighted by molar-refractivity contribution is 0.474. The van der Waals surface area contributed by atoms with Crippen molar-refractivity contribution < 1.29 is 5.11 Å². The van der Waals surface area contributed by atoms with Crippen molar-refractivity contribution in [3.63, 3.8) is 0 Å². The predicted octanol–water partition coefficient (Wildman–Crippen LogP) is 2.09. The van der Waals surface area contributed by atoms with Gasteiger partial charge < -0.3 is 10.8 Å². The van der Waals surface area contributed by atoms with Crippen molar-refractivity contribution in [2.45, 2.75) is 12.5 Å². The lowest BCUT2D eigenvalue weighted by Crippen LogP contribution is -2.13. The number of nitrogens with two attached hydrogens (primary N) is 1. The number of hydrogen-bond acceptors (Lipinski definition) is 4. The first-order chi connectivity index (χ1) is 7.25. The molecule has 0 saturated heterocycles. The Morgan fingerprint density at radius 1 is 1.47 bits per heavy atom. The zero-order valence-corrected chi connectivity index (χ0v) is 8.95. The fraction of sp³-hybridized carbons (Fsp3) is 0.182. The number of phenols is 1. The summed E-state index contributed by atoms with van der Waals surface area (Å²) in [7, 11) is 0. The summed E-state index contributed by atoms with van der Waals surface area (Å²) in [5, 5.41) is 11.3. The van der Waals surface area contributed by atoms with Crippen LogP contribution < -0.4 is 5.73 Å². The third-order valence-electron chi connectivity index (χ3n) is 2.20. The highest BCUT2D eigenvalue weighted by Crippen LogP contribution is 2.18. The van der Waals surface area contributed by atoms with Crippen LogP contribution in [0.2, 0.25) is 0 Å². The van der Waals surface area contributed by atoms with Crippen LogP contribution in [0.3, 0.4) is 0 Å². The maximum absolute atomic E-state index is 9.30. The molecule has 1 atom stereocenters. The van der Waals surface area contributed by atoms with Gasteiger partial charge in [-0.2, -0.15) is 0 Å². The fourth-order valence-corrected chi connectivity index (χ4v) is 2.07. The Bertz CT molecular complexity index is 428. The van der Waals surface area contributed by atoms with Gasteiger partial charge in [-0.1, -0.05) is 12.1 Å². The van der Waals surface area contributed by atoms with Crippen molar-refractivity contribution in [2.24, 2.45) is 5.73 Å². The molecule has 0 amide bonds. The molecule has 4 heteroatoms. The van der Waals surface area contributed by atoms with Crippen molar-refractivity contribution in [1.29, 1.82) is 0 Å². The Morgan fingerprint density at radius 2 is 2.33 bits per heavy atom. The third kappa shape index (κ3) is 2.55. The van der Waals surface area contributed by atoms with Crippen LogP contribution in [-0.4, -0.2) is 10.1 Å². The molecule has 1 unspecified atom stereocenters. The van der Waals surface area contributed by atoms with Gasteiger partial charge >= 0.3 is 0 Å². The van der Waals surface area contributed by atoms with E-state index in [4.69, 9.17) is 5.73 Å². The smallest absolute Gasteiger partial charge is 0.115 e. The predicted molar refractivity (Wildman–Crippen MR) is 60.9 cm³/mol. The molecule has 1 aromatic heterocycles. The van der Waals surface area contributed by atoms with E-state index in [2.05, 4.69) is 4.98 Å². The SMILES string of the molecule is NC(Cc1cccc(O)c1)c1cscn1. The molecule has 2 aromatic rings. The third-order valence-corrected chi connectivity index (χ3v) is 2.80. The quantitative estimate of drug-likeness (QED) is 0.832. The van der Waals surface area contributed by atoms with E-state index < -0.39 is 0 Å². The Labute approximate surface area is 92.2 Å². The van der Waals surface area contributed by atoms with E-state index in [1.165, 1.54) is 0 Å². The molecule has 2 rings (SSSR count). The van der Waals surface area contributed by atoms with Crippen LogP contribution in [0.4, 0.5) is 0 Å². The first kappa shape index (κ1) is 10.1. The molecule has 0 spiro atoms. The number of aromatic hydroxyl groups is 1. The molecule has 3 nitrogen and oxygen atoms in total. The van der Waals surface area contributed by atoms with Crippen LogP contribution in [0.1, 0.15) is 17.3 Å². The zero-order valence-electron chi connectivity index (χ0n) is 8.13. The van der Waals surface area contributed by atoms with E-state index in [0.29, 0.717) is 6.42 Å². The second-order valence-electron chi connectivity index (χ2n) is 3.39. The van der Waals surface area contributed by atoms with Gasteiger partial charge in [-0.05, 0) is 24.1 Å². The van der Waals surface area contributed by atoms with Gasteiger partial charge in [0.15, 0.2) is 0 Å². The molecular weight excluding hydrogens is 208 g/mol. The fourth-order valence-electron chi connectivity index (χ4n) is 1.45. The standard InChI is InChI=1S/C11H12N2OS/c12-10(11-6-15-7-13-11)5-8-2-1-3-9(14)4-8/h1-4,6-7,10,14H,5,12H2. The maximum atomic E-state index is 9.30. The highest BCUT2D eigenvalue weighted by atomic mass is 32.1. The van der Waals surface area contributed by atoms with Gasteiger partial charge in [0.2, 0.25) is 0 Å². The summed E-state index contributed by atoms with van der Waals surface area (Å²) in [6.07, 6.45) is 0.693. The molecule has 3 N–H and O–H groups in total. The molecular formula is C11H12N2OS. The summed E-state index contributed by atoms with van der Waals surface area (Å²) >= 11 is 1.54. The molecule has 78 valence electrons. The van der Waals surface area contributed by atoms with Gasteiger partial charge in [-0.3, -0.25) is 0 Å². The number of phenolic OH excluding ortho intramolecular Hbond substituents is 1. The Morgan fingerprint density at radius 3 is 3.00 bits per heavy atom. The Balaban J connectivity index is 2.09. The highest BCUT2D eigenvalue weighted by Gasteiger charge is 2.08. The minimum absolute atomic E-state index is 0.0990. The molecule has 1 aromatic carbocycles. The summed E-state index contributed by atoms with van der Waals surface area (Å²) in [6.45, 7) is 0. The first-order valence-corrected chi connectivity index (χ1v) is 5.61. The summed E-state index contributed by atoms with van der Waals surface area (Å²) < 4.78 is 0. The minimum Gasteiger partial charge on any atom is -0.508 e. The second-order valence-corrected chi connectivity index (χ2v) is 4.11. The Kier molecular flexibility index (Phi) is 2.99. The average Bonchev–Trinajstić information content (AvgIpc) is 2.70. The molecule has 0 aliphatic heterocycles. The van der Waals surface area contributed by atoms with Gasteiger partial charge in [0, 0.05) is 5.38 Å². The largest absolute Gasteiger partial charge is 0.508 e. The van der Waals surface area contributed by atoms with Gasteiger partial charge in [0.05, 0.1) is 17.2 Å². The van der Waals surface area contributed by atoms with E-state index in [1.54, 1.807) is 29.0 Å². The lowest BCUT2D eigenvalue weighted by atomic mass is 10.0.